The number of carboxylic acids is 1. The summed E-state index contributed by atoms with van der Waals surface area (Å²) in [5.41, 5.74) is 2.41. The van der Waals surface area contributed by atoms with Crippen LogP contribution >= 0.6 is 0 Å². The van der Waals surface area contributed by atoms with Crippen LogP contribution in [0.5, 0.6) is 0 Å². The van der Waals surface area contributed by atoms with Gasteiger partial charge in [0.05, 0.1) is 34.3 Å². The average molecular weight is 414 g/mol. The van der Waals surface area contributed by atoms with Gasteiger partial charge in [-0.2, -0.15) is 0 Å². The molecule has 0 spiro atoms. The minimum Gasteiger partial charge on any atom is -0.478 e. The van der Waals surface area contributed by atoms with E-state index in [1.54, 1.807) is 42.5 Å². The molecular formula is C25H22N2O4. The molecule has 5 rings (SSSR count). The van der Waals surface area contributed by atoms with E-state index in [-0.39, 0.29) is 29.2 Å². The predicted molar refractivity (Wildman–Crippen MR) is 117 cm³/mol. The van der Waals surface area contributed by atoms with Crippen LogP contribution in [0.4, 0.5) is 5.69 Å². The molecule has 2 heterocycles. The van der Waals surface area contributed by atoms with Crippen molar-refractivity contribution in [3.63, 3.8) is 0 Å². The highest BCUT2D eigenvalue weighted by Gasteiger charge is 2.49. The molecule has 3 aromatic rings. The summed E-state index contributed by atoms with van der Waals surface area (Å²) in [6, 6.07) is 15.7. The number of hydrogen-bond acceptors (Lipinski definition) is 4. The van der Waals surface area contributed by atoms with Gasteiger partial charge in [0.2, 0.25) is 11.8 Å². The van der Waals surface area contributed by atoms with Gasteiger partial charge in [-0.1, -0.05) is 37.3 Å². The van der Waals surface area contributed by atoms with Crippen molar-refractivity contribution >= 4 is 34.4 Å². The maximum Gasteiger partial charge on any atom is 0.336 e. The Bertz CT molecular complexity index is 1240. The van der Waals surface area contributed by atoms with Crippen molar-refractivity contribution in [2.24, 2.45) is 17.8 Å². The molecule has 1 aliphatic heterocycles. The first kappa shape index (κ1) is 19.4. The number of benzene rings is 2. The molecule has 1 aliphatic carbocycles. The zero-order valence-electron chi connectivity index (χ0n) is 17.1. The lowest BCUT2D eigenvalue weighted by Gasteiger charge is -2.25. The predicted octanol–water partition coefficient (Wildman–Crippen LogP) is 4.53. The summed E-state index contributed by atoms with van der Waals surface area (Å²) in [5, 5.41) is 10.2. The van der Waals surface area contributed by atoms with E-state index in [0.29, 0.717) is 33.8 Å². The average Bonchev–Trinajstić information content (AvgIpc) is 3.02. The summed E-state index contributed by atoms with van der Waals surface area (Å²) in [4.78, 5) is 43.9. The maximum atomic E-state index is 13.1. The molecule has 0 radical (unpaired) electrons. The molecule has 2 amide bonds. The number of aromatic nitrogens is 1. The van der Waals surface area contributed by atoms with Crippen LogP contribution in [0.1, 0.15) is 36.5 Å². The number of fused-ring (bicyclic) bond motifs is 2. The second kappa shape index (κ2) is 7.30. The molecule has 1 saturated heterocycles. The largest absolute Gasteiger partial charge is 0.478 e. The Hall–Kier alpha value is -3.54. The van der Waals surface area contributed by atoms with E-state index in [1.165, 1.54) is 4.90 Å². The maximum absolute atomic E-state index is 13.1. The van der Waals surface area contributed by atoms with Crippen molar-refractivity contribution in [1.82, 2.24) is 4.98 Å². The van der Waals surface area contributed by atoms with Crippen LogP contribution in [0.2, 0.25) is 0 Å². The molecule has 6 nitrogen and oxygen atoms in total. The quantitative estimate of drug-likeness (QED) is 0.637. The second-order valence-electron chi connectivity index (χ2n) is 8.57. The van der Waals surface area contributed by atoms with Gasteiger partial charge in [0.15, 0.2) is 0 Å². The number of nitrogens with zero attached hydrogens (tertiary/aromatic N) is 2. The number of imide groups is 1. The van der Waals surface area contributed by atoms with Crippen molar-refractivity contribution < 1.29 is 19.5 Å². The number of carbonyl (C=O) groups excluding carboxylic acids is 2. The Balaban J connectivity index is 1.57. The van der Waals surface area contributed by atoms with Crippen LogP contribution in [0, 0.1) is 17.8 Å². The highest BCUT2D eigenvalue weighted by molar-refractivity contribution is 6.22. The number of carboxylic acid groups (broad SMARTS) is 1. The fraction of sp³-hybridized carbons (Fsp3) is 0.280. The molecule has 0 unspecified atom stereocenters. The van der Waals surface area contributed by atoms with Gasteiger partial charge in [0, 0.05) is 10.9 Å². The lowest BCUT2D eigenvalue weighted by molar-refractivity contribution is -0.122. The molecule has 6 heteroatoms. The molecule has 2 aromatic carbocycles. The standard InChI is InChI=1S/C25H22N2O4/c1-14-9-10-18-19(11-14)24(29)27(23(18)28)16-6-4-5-15(12-16)22-13-20(25(30)31)17-7-2-3-8-21(17)26-22/h2-8,12-14,18-19H,9-11H2,1H3,(H,30,31)/t14-,18+,19+/m1/s1. The SMILES string of the molecule is C[C@@H]1CC[C@@H]2C(=O)N(c3cccc(-c4cc(C(=O)O)c5ccccc5n4)c3)C(=O)[C@H]2C1. The van der Waals surface area contributed by atoms with Crippen molar-refractivity contribution in [3.05, 3.63) is 60.2 Å². The summed E-state index contributed by atoms with van der Waals surface area (Å²) >= 11 is 0. The molecular weight excluding hydrogens is 392 g/mol. The lowest BCUT2D eigenvalue weighted by atomic mass is 9.76. The number of aromatic carboxylic acids is 1. The van der Waals surface area contributed by atoms with Crippen LogP contribution in [-0.4, -0.2) is 27.9 Å². The van der Waals surface area contributed by atoms with Gasteiger partial charge in [-0.3, -0.25) is 14.5 Å². The summed E-state index contributed by atoms with van der Waals surface area (Å²) in [5.74, 6) is -1.31. The molecule has 2 fully saturated rings. The van der Waals surface area contributed by atoms with Crippen LogP contribution in [0.3, 0.4) is 0 Å². The number of rotatable bonds is 3. The molecule has 2 aliphatic rings. The number of amides is 2. The van der Waals surface area contributed by atoms with Crippen molar-refractivity contribution in [3.8, 4) is 11.3 Å². The van der Waals surface area contributed by atoms with E-state index < -0.39 is 5.97 Å². The Morgan fingerprint density at radius 2 is 1.77 bits per heavy atom. The Morgan fingerprint density at radius 3 is 2.58 bits per heavy atom. The van der Waals surface area contributed by atoms with Gasteiger partial charge in [-0.15, -0.1) is 0 Å². The third-order valence-electron chi connectivity index (χ3n) is 6.53. The number of hydrogen-bond donors (Lipinski definition) is 1. The second-order valence-corrected chi connectivity index (χ2v) is 8.57. The minimum atomic E-state index is -1.03. The number of para-hydroxylation sites is 1. The summed E-state index contributed by atoms with van der Waals surface area (Å²) in [6.07, 6.45) is 2.47. The van der Waals surface area contributed by atoms with E-state index in [9.17, 15) is 19.5 Å². The van der Waals surface area contributed by atoms with E-state index in [1.807, 2.05) is 12.1 Å². The highest BCUT2D eigenvalue weighted by Crippen LogP contribution is 2.42. The van der Waals surface area contributed by atoms with E-state index in [2.05, 4.69) is 11.9 Å². The van der Waals surface area contributed by atoms with Gasteiger partial charge in [0.25, 0.3) is 0 Å². The fourth-order valence-electron chi connectivity index (χ4n) is 4.95. The molecule has 1 aromatic heterocycles. The van der Waals surface area contributed by atoms with Crippen LogP contribution in [-0.2, 0) is 9.59 Å². The van der Waals surface area contributed by atoms with Crippen LogP contribution in [0.25, 0.3) is 22.2 Å². The Kier molecular flexibility index (Phi) is 4.58. The van der Waals surface area contributed by atoms with Crippen molar-refractivity contribution in [2.45, 2.75) is 26.2 Å². The molecule has 31 heavy (non-hydrogen) atoms. The molecule has 1 N–H and O–H groups in total. The third kappa shape index (κ3) is 3.19. The van der Waals surface area contributed by atoms with Gasteiger partial charge in [-0.25, -0.2) is 9.78 Å². The van der Waals surface area contributed by atoms with Crippen molar-refractivity contribution in [2.75, 3.05) is 4.90 Å². The minimum absolute atomic E-state index is 0.128. The lowest BCUT2D eigenvalue weighted by Crippen LogP contribution is -2.30. The Labute approximate surface area is 179 Å². The first-order chi connectivity index (χ1) is 14.9. The molecule has 0 bridgehead atoms. The van der Waals surface area contributed by atoms with Gasteiger partial charge >= 0.3 is 5.97 Å². The third-order valence-corrected chi connectivity index (χ3v) is 6.53. The van der Waals surface area contributed by atoms with Gasteiger partial charge in [-0.05, 0) is 49.4 Å². The summed E-state index contributed by atoms with van der Waals surface area (Å²) in [7, 11) is 0. The zero-order chi connectivity index (χ0) is 21.7. The molecule has 156 valence electrons. The van der Waals surface area contributed by atoms with Gasteiger partial charge < -0.3 is 5.11 Å². The first-order valence-electron chi connectivity index (χ1n) is 10.6. The smallest absolute Gasteiger partial charge is 0.336 e. The van der Waals surface area contributed by atoms with Crippen LogP contribution in [0.15, 0.2) is 54.6 Å². The highest BCUT2D eigenvalue weighted by atomic mass is 16.4. The molecule has 3 atom stereocenters. The van der Waals surface area contributed by atoms with Gasteiger partial charge in [0.1, 0.15) is 0 Å². The topological polar surface area (TPSA) is 87.6 Å². The first-order valence-corrected chi connectivity index (χ1v) is 10.6. The normalized spacial score (nSPS) is 23.3. The summed E-state index contributed by atoms with van der Waals surface area (Å²) < 4.78 is 0. The number of anilines is 1. The monoisotopic (exact) mass is 414 g/mol. The fourth-order valence-corrected chi connectivity index (χ4v) is 4.95. The zero-order valence-corrected chi connectivity index (χ0v) is 17.1. The number of carbonyl (C=O) groups is 3. The molecule has 1 saturated carbocycles. The van der Waals surface area contributed by atoms with E-state index in [0.717, 1.165) is 19.3 Å². The summed E-state index contributed by atoms with van der Waals surface area (Å²) in [6.45, 7) is 2.13. The number of pyridine rings is 1. The van der Waals surface area contributed by atoms with E-state index >= 15 is 0 Å². The van der Waals surface area contributed by atoms with Crippen LogP contribution < -0.4 is 4.90 Å². The van der Waals surface area contributed by atoms with Crippen molar-refractivity contribution in [1.29, 1.82) is 0 Å². The van der Waals surface area contributed by atoms with E-state index in [4.69, 9.17) is 0 Å². The Morgan fingerprint density at radius 1 is 1.00 bits per heavy atom.